The van der Waals surface area contributed by atoms with Crippen molar-refractivity contribution in [1.29, 1.82) is 5.26 Å². The van der Waals surface area contributed by atoms with E-state index in [1.165, 1.54) is 33.0 Å². The van der Waals surface area contributed by atoms with Crippen LogP contribution >= 0.6 is 0 Å². The van der Waals surface area contributed by atoms with Crippen LogP contribution in [0.25, 0.3) is 88.8 Å². The van der Waals surface area contributed by atoms with Crippen molar-refractivity contribution in [1.82, 2.24) is 9.97 Å². The highest BCUT2D eigenvalue weighted by Gasteiger charge is 2.37. The average molecular weight is 716 g/mol. The Bertz CT molecular complexity index is 3120. The van der Waals surface area contributed by atoms with Gasteiger partial charge in [0.15, 0.2) is 5.82 Å². The van der Waals surface area contributed by atoms with Gasteiger partial charge in [-0.25, -0.2) is 9.97 Å². The molecule has 8 aromatic carbocycles. The molecule has 0 radical (unpaired) electrons. The molecule has 11 rings (SSSR count). The minimum Gasteiger partial charge on any atom is -0.457 e. The zero-order chi connectivity index (χ0) is 37.5. The first kappa shape index (κ1) is 32.1. The van der Waals surface area contributed by atoms with Crippen molar-refractivity contribution in [3.05, 3.63) is 180 Å². The number of para-hydroxylation sites is 2. The molecule has 4 nitrogen and oxygen atoms in total. The molecule has 0 amide bonds. The van der Waals surface area contributed by atoms with Gasteiger partial charge in [0, 0.05) is 33.1 Å². The van der Waals surface area contributed by atoms with E-state index in [-0.39, 0.29) is 5.41 Å². The lowest BCUT2D eigenvalue weighted by molar-refractivity contribution is 0.417. The van der Waals surface area contributed by atoms with Crippen LogP contribution in [0.3, 0.4) is 0 Å². The third-order valence-corrected chi connectivity index (χ3v) is 11.7. The third-order valence-electron chi connectivity index (χ3n) is 11.7. The number of aromatic nitrogens is 2. The maximum atomic E-state index is 10.4. The van der Waals surface area contributed by atoms with Crippen LogP contribution in [-0.4, -0.2) is 9.97 Å². The minimum absolute atomic E-state index is 0.381. The van der Waals surface area contributed by atoms with E-state index >= 15 is 0 Å². The van der Waals surface area contributed by atoms with Gasteiger partial charge in [-0.3, -0.25) is 0 Å². The number of hydrogen-bond donors (Lipinski definition) is 0. The van der Waals surface area contributed by atoms with E-state index in [1.807, 2.05) is 36.4 Å². The van der Waals surface area contributed by atoms with Gasteiger partial charge in [0.1, 0.15) is 11.5 Å². The summed E-state index contributed by atoms with van der Waals surface area (Å²) >= 11 is 0. The van der Waals surface area contributed by atoms with Gasteiger partial charge in [0.05, 0.1) is 22.8 Å². The van der Waals surface area contributed by atoms with E-state index in [2.05, 4.69) is 147 Å². The van der Waals surface area contributed by atoms with Crippen LogP contribution in [0.2, 0.25) is 0 Å². The van der Waals surface area contributed by atoms with Gasteiger partial charge in [-0.1, -0.05) is 153 Å². The Morgan fingerprint density at radius 2 is 1.11 bits per heavy atom. The number of fused-ring (bicyclic) bond motifs is 6. The molecule has 1 aliphatic carbocycles. The van der Waals surface area contributed by atoms with Gasteiger partial charge in [0.2, 0.25) is 0 Å². The number of hydrogen-bond acceptors (Lipinski definition) is 4. The van der Waals surface area contributed by atoms with Gasteiger partial charge in [-0.15, -0.1) is 0 Å². The monoisotopic (exact) mass is 715 g/mol. The minimum atomic E-state index is -0.381. The largest absolute Gasteiger partial charge is 0.457 e. The van der Waals surface area contributed by atoms with Crippen molar-refractivity contribution in [2.75, 3.05) is 0 Å². The highest BCUT2D eigenvalue weighted by Crippen LogP contribution is 2.52. The summed E-state index contributed by atoms with van der Waals surface area (Å²) in [5.74, 6) is 2.23. The molecule has 9 aromatic rings. The molecular formula is C52H33N3O. The fourth-order valence-corrected chi connectivity index (χ4v) is 9.12. The summed E-state index contributed by atoms with van der Waals surface area (Å²) in [7, 11) is 0. The Balaban J connectivity index is 1.00. The fraction of sp³-hybridized carbons (Fsp3) is 0.0577. The summed E-state index contributed by atoms with van der Waals surface area (Å²) < 4.78 is 6.49. The molecule has 2 aliphatic rings. The first-order chi connectivity index (χ1) is 27.5. The van der Waals surface area contributed by atoms with Gasteiger partial charge < -0.3 is 4.74 Å². The fourth-order valence-electron chi connectivity index (χ4n) is 9.12. The Labute approximate surface area is 325 Å². The highest BCUT2D eigenvalue weighted by molar-refractivity contribution is 6.19. The molecule has 0 atom stereocenters. The van der Waals surface area contributed by atoms with Crippen molar-refractivity contribution in [2.24, 2.45) is 0 Å². The zero-order valence-electron chi connectivity index (χ0n) is 30.8. The quantitative estimate of drug-likeness (QED) is 0.182. The topological polar surface area (TPSA) is 58.8 Å². The standard InChI is InChI=1S/C52H33N3O/c1-52(2)44-19-8-10-21-46(44)56-47-29-33(28-34(30-53)49(47)52)36-13-4-3-12-35(36)31-22-24-32(25-23-31)51-54-45-20-9-7-16-43(45)50(55-51)42-27-26-41-38-15-6-5-14-37(38)39-17-11-18-40(42)48(39)41/h3-29H,1-2H3. The molecule has 2 heterocycles. The molecule has 4 heteroatoms. The smallest absolute Gasteiger partial charge is 0.160 e. The molecule has 0 N–H and O–H groups in total. The third kappa shape index (κ3) is 4.71. The van der Waals surface area contributed by atoms with Gasteiger partial charge in [-0.2, -0.15) is 5.26 Å². The molecule has 262 valence electrons. The van der Waals surface area contributed by atoms with Crippen molar-refractivity contribution in [3.8, 4) is 84.7 Å². The SMILES string of the molecule is CC1(C)c2ccccc2Oc2cc(-c3ccccc3-c3ccc(-c4nc(-c5ccc6c7c(cccc57)-c5ccccc5-6)c5ccccc5n4)cc3)cc(C#N)c21. The number of nitriles is 1. The predicted molar refractivity (Wildman–Crippen MR) is 227 cm³/mol. The molecule has 0 bridgehead atoms. The molecule has 1 aliphatic heterocycles. The number of ether oxygens (including phenoxy) is 1. The number of nitrogens with zero attached hydrogens (tertiary/aromatic N) is 3. The summed E-state index contributed by atoms with van der Waals surface area (Å²) in [6, 6.07) is 59.6. The van der Waals surface area contributed by atoms with Crippen molar-refractivity contribution >= 4 is 21.7 Å². The molecule has 0 spiro atoms. The number of benzene rings is 8. The Morgan fingerprint density at radius 1 is 0.500 bits per heavy atom. The first-order valence-corrected chi connectivity index (χ1v) is 19.0. The van der Waals surface area contributed by atoms with Crippen LogP contribution in [0, 0.1) is 11.3 Å². The second-order valence-corrected chi connectivity index (χ2v) is 15.2. The van der Waals surface area contributed by atoms with E-state index in [0.29, 0.717) is 11.4 Å². The Kier molecular flexibility index (Phi) is 6.93. The maximum Gasteiger partial charge on any atom is 0.160 e. The summed E-state index contributed by atoms with van der Waals surface area (Å²) in [5, 5.41) is 13.9. The van der Waals surface area contributed by atoms with Gasteiger partial charge in [0.25, 0.3) is 0 Å². The lowest BCUT2D eigenvalue weighted by Gasteiger charge is -2.35. The van der Waals surface area contributed by atoms with E-state index in [9.17, 15) is 5.26 Å². The van der Waals surface area contributed by atoms with Gasteiger partial charge in [-0.05, 0) is 79.5 Å². The summed E-state index contributed by atoms with van der Waals surface area (Å²) in [6.45, 7) is 4.33. The number of rotatable bonds is 4. The summed E-state index contributed by atoms with van der Waals surface area (Å²) in [5.41, 5.74) is 15.3. The summed E-state index contributed by atoms with van der Waals surface area (Å²) in [6.07, 6.45) is 0. The lowest BCUT2D eigenvalue weighted by atomic mass is 9.73. The van der Waals surface area contributed by atoms with Crippen LogP contribution in [0.15, 0.2) is 164 Å². The zero-order valence-corrected chi connectivity index (χ0v) is 30.8. The van der Waals surface area contributed by atoms with Crippen LogP contribution in [0.5, 0.6) is 11.5 Å². The maximum absolute atomic E-state index is 10.4. The molecular weight excluding hydrogens is 683 g/mol. The van der Waals surface area contributed by atoms with Crippen LogP contribution < -0.4 is 4.74 Å². The molecule has 1 aromatic heterocycles. The molecule has 56 heavy (non-hydrogen) atoms. The van der Waals surface area contributed by atoms with Crippen LogP contribution in [-0.2, 0) is 5.41 Å². The normalized spacial score (nSPS) is 13.1. The van der Waals surface area contributed by atoms with Crippen LogP contribution in [0.1, 0.15) is 30.5 Å². The molecule has 0 fully saturated rings. The van der Waals surface area contributed by atoms with E-state index < -0.39 is 0 Å². The highest BCUT2D eigenvalue weighted by atomic mass is 16.5. The second-order valence-electron chi connectivity index (χ2n) is 15.2. The van der Waals surface area contributed by atoms with Crippen molar-refractivity contribution in [3.63, 3.8) is 0 Å². The van der Waals surface area contributed by atoms with Crippen molar-refractivity contribution < 1.29 is 4.74 Å². The van der Waals surface area contributed by atoms with Crippen molar-refractivity contribution in [2.45, 2.75) is 19.3 Å². The van der Waals surface area contributed by atoms with E-state index in [4.69, 9.17) is 14.7 Å². The summed E-state index contributed by atoms with van der Waals surface area (Å²) in [4.78, 5) is 10.4. The molecule has 0 unspecified atom stereocenters. The van der Waals surface area contributed by atoms with E-state index in [1.54, 1.807) is 0 Å². The van der Waals surface area contributed by atoms with E-state index in [0.717, 1.165) is 72.6 Å². The Morgan fingerprint density at radius 3 is 1.89 bits per heavy atom. The average Bonchev–Trinajstić information content (AvgIpc) is 3.58. The first-order valence-electron chi connectivity index (χ1n) is 19.0. The van der Waals surface area contributed by atoms with Gasteiger partial charge >= 0.3 is 0 Å². The van der Waals surface area contributed by atoms with Crippen LogP contribution in [0.4, 0.5) is 0 Å². The predicted octanol–water partition coefficient (Wildman–Crippen LogP) is 13.4. The lowest BCUT2D eigenvalue weighted by Crippen LogP contribution is -2.25. The molecule has 0 saturated carbocycles. The molecule has 0 saturated heterocycles. The Hall–Kier alpha value is -7.35. The second kappa shape index (κ2) is 12.1.